The summed E-state index contributed by atoms with van der Waals surface area (Å²) in [7, 11) is 0. The van der Waals surface area contributed by atoms with Gasteiger partial charge in [0.25, 0.3) is 0 Å². The molecule has 23 heavy (non-hydrogen) atoms. The fraction of sp³-hybridized carbons (Fsp3) is 0.353. The minimum atomic E-state index is -0.232. The van der Waals surface area contributed by atoms with Crippen molar-refractivity contribution in [2.75, 3.05) is 18.4 Å². The van der Waals surface area contributed by atoms with Gasteiger partial charge in [0.2, 0.25) is 0 Å². The molecule has 1 atom stereocenters. The summed E-state index contributed by atoms with van der Waals surface area (Å²) in [5, 5.41) is 12.0. The van der Waals surface area contributed by atoms with E-state index in [9.17, 15) is 4.39 Å². The number of halogens is 1. The SMILES string of the molecule is Cc1c(CNCC2CNc3ccnn3C2)oc2ccc(F)cc12. The van der Waals surface area contributed by atoms with E-state index in [0.717, 1.165) is 47.7 Å². The third kappa shape index (κ3) is 2.70. The molecule has 1 aliphatic heterocycles. The molecular weight excluding hydrogens is 295 g/mol. The van der Waals surface area contributed by atoms with Gasteiger partial charge in [0, 0.05) is 37.0 Å². The lowest BCUT2D eigenvalue weighted by atomic mass is 10.1. The van der Waals surface area contributed by atoms with Gasteiger partial charge < -0.3 is 15.1 Å². The van der Waals surface area contributed by atoms with Crippen LogP contribution in [0.25, 0.3) is 11.0 Å². The summed E-state index contributed by atoms with van der Waals surface area (Å²) >= 11 is 0. The summed E-state index contributed by atoms with van der Waals surface area (Å²) in [6.07, 6.45) is 1.81. The molecule has 3 heterocycles. The van der Waals surface area contributed by atoms with Crippen molar-refractivity contribution in [3.05, 3.63) is 47.6 Å². The third-order valence-corrected chi connectivity index (χ3v) is 4.44. The van der Waals surface area contributed by atoms with Crippen LogP contribution in [-0.2, 0) is 13.1 Å². The van der Waals surface area contributed by atoms with Gasteiger partial charge in [0.05, 0.1) is 12.7 Å². The number of anilines is 1. The van der Waals surface area contributed by atoms with Crippen LogP contribution in [-0.4, -0.2) is 22.9 Å². The number of fused-ring (bicyclic) bond motifs is 2. The molecule has 4 rings (SSSR count). The van der Waals surface area contributed by atoms with Crippen LogP contribution < -0.4 is 10.6 Å². The lowest BCUT2D eigenvalue weighted by Crippen LogP contribution is -2.35. The zero-order valence-corrected chi connectivity index (χ0v) is 13.0. The number of aromatic nitrogens is 2. The molecule has 0 saturated carbocycles. The molecule has 0 saturated heterocycles. The second kappa shape index (κ2) is 5.70. The molecule has 0 aliphatic carbocycles. The standard InChI is InChI=1S/C17H19FN4O/c1-11-14-6-13(18)2-3-15(14)23-16(11)9-19-7-12-8-20-17-4-5-21-22(17)10-12/h2-6,12,19-20H,7-10H2,1H3. The lowest BCUT2D eigenvalue weighted by Gasteiger charge is -2.25. The Balaban J connectivity index is 1.39. The highest BCUT2D eigenvalue weighted by Crippen LogP contribution is 2.26. The summed E-state index contributed by atoms with van der Waals surface area (Å²) in [4.78, 5) is 0. The van der Waals surface area contributed by atoms with Crippen LogP contribution in [0.1, 0.15) is 11.3 Å². The molecule has 2 aromatic heterocycles. The molecule has 2 N–H and O–H groups in total. The van der Waals surface area contributed by atoms with Crippen molar-refractivity contribution in [2.24, 2.45) is 5.92 Å². The fourth-order valence-corrected chi connectivity index (χ4v) is 3.13. The largest absolute Gasteiger partial charge is 0.459 e. The summed E-state index contributed by atoms with van der Waals surface area (Å²) in [5.41, 5.74) is 1.74. The first-order valence-corrected chi connectivity index (χ1v) is 7.84. The Morgan fingerprint density at radius 1 is 1.43 bits per heavy atom. The average molecular weight is 314 g/mol. The van der Waals surface area contributed by atoms with Crippen LogP contribution >= 0.6 is 0 Å². The van der Waals surface area contributed by atoms with Crippen molar-refractivity contribution in [3.63, 3.8) is 0 Å². The van der Waals surface area contributed by atoms with Gasteiger partial charge in [-0.25, -0.2) is 9.07 Å². The molecule has 1 aliphatic rings. The van der Waals surface area contributed by atoms with E-state index in [1.165, 1.54) is 12.1 Å². The highest BCUT2D eigenvalue weighted by atomic mass is 19.1. The lowest BCUT2D eigenvalue weighted by molar-refractivity contribution is 0.383. The molecule has 120 valence electrons. The van der Waals surface area contributed by atoms with Crippen molar-refractivity contribution >= 4 is 16.8 Å². The van der Waals surface area contributed by atoms with Crippen molar-refractivity contribution in [2.45, 2.75) is 20.0 Å². The van der Waals surface area contributed by atoms with Gasteiger partial charge in [0.15, 0.2) is 0 Å². The number of rotatable bonds is 4. The molecule has 0 amide bonds. The predicted octanol–water partition coefficient (Wildman–Crippen LogP) is 2.91. The van der Waals surface area contributed by atoms with Gasteiger partial charge in [0.1, 0.15) is 23.0 Å². The second-order valence-corrected chi connectivity index (χ2v) is 6.07. The minimum Gasteiger partial charge on any atom is -0.459 e. The molecule has 0 radical (unpaired) electrons. The minimum absolute atomic E-state index is 0.232. The zero-order chi connectivity index (χ0) is 15.8. The van der Waals surface area contributed by atoms with Crippen LogP contribution in [0, 0.1) is 18.7 Å². The van der Waals surface area contributed by atoms with Crippen LogP contribution in [0.3, 0.4) is 0 Å². The maximum absolute atomic E-state index is 13.3. The molecule has 5 nitrogen and oxygen atoms in total. The highest BCUT2D eigenvalue weighted by molar-refractivity contribution is 5.82. The molecule has 6 heteroatoms. The van der Waals surface area contributed by atoms with E-state index in [1.54, 1.807) is 6.07 Å². The average Bonchev–Trinajstić information content (AvgIpc) is 3.13. The van der Waals surface area contributed by atoms with Crippen molar-refractivity contribution < 1.29 is 8.81 Å². The van der Waals surface area contributed by atoms with E-state index < -0.39 is 0 Å². The number of hydrogen-bond acceptors (Lipinski definition) is 4. The Hall–Kier alpha value is -2.34. The van der Waals surface area contributed by atoms with Gasteiger partial charge in [-0.3, -0.25) is 0 Å². The highest BCUT2D eigenvalue weighted by Gasteiger charge is 2.18. The van der Waals surface area contributed by atoms with E-state index in [2.05, 4.69) is 15.7 Å². The number of aryl methyl sites for hydroxylation is 1. The smallest absolute Gasteiger partial charge is 0.134 e. The summed E-state index contributed by atoms with van der Waals surface area (Å²) < 4.78 is 21.2. The number of hydrogen-bond donors (Lipinski definition) is 2. The Kier molecular flexibility index (Phi) is 3.53. The molecule has 0 bridgehead atoms. The quantitative estimate of drug-likeness (QED) is 0.777. The van der Waals surface area contributed by atoms with E-state index in [-0.39, 0.29) is 5.82 Å². The van der Waals surface area contributed by atoms with Gasteiger partial charge in [-0.15, -0.1) is 0 Å². The van der Waals surface area contributed by atoms with E-state index in [0.29, 0.717) is 12.5 Å². The normalized spacial score (nSPS) is 17.2. The zero-order valence-electron chi connectivity index (χ0n) is 13.0. The van der Waals surface area contributed by atoms with Crippen LogP contribution in [0.5, 0.6) is 0 Å². The van der Waals surface area contributed by atoms with Crippen LogP contribution in [0.15, 0.2) is 34.9 Å². The monoisotopic (exact) mass is 314 g/mol. The fourth-order valence-electron chi connectivity index (χ4n) is 3.13. The Bertz CT molecular complexity index is 838. The topological polar surface area (TPSA) is 55.0 Å². The number of nitrogens with one attached hydrogen (secondary N) is 2. The van der Waals surface area contributed by atoms with Gasteiger partial charge >= 0.3 is 0 Å². The summed E-state index contributed by atoms with van der Waals surface area (Å²) in [5.74, 6) is 2.19. The Morgan fingerprint density at radius 2 is 2.35 bits per heavy atom. The first kappa shape index (κ1) is 14.3. The summed E-state index contributed by atoms with van der Waals surface area (Å²) in [6.45, 7) is 5.33. The maximum atomic E-state index is 13.3. The first-order valence-electron chi connectivity index (χ1n) is 7.84. The van der Waals surface area contributed by atoms with Gasteiger partial charge in [-0.2, -0.15) is 5.10 Å². The molecule has 3 aromatic rings. The van der Waals surface area contributed by atoms with Crippen molar-refractivity contribution in [3.8, 4) is 0 Å². The second-order valence-electron chi connectivity index (χ2n) is 6.07. The van der Waals surface area contributed by atoms with Gasteiger partial charge in [-0.05, 0) is 30.7 Å². The van der Waals surface area contributed by atoms with Gasteiger partial charge in [-0.1, -0.05) is 0 Å². The predicted molar refractivity (Wildman–Crippen MR) is 86.8 cm³/mol. The van der Waals surface area contributed by atoms with E-state index >= 15 is 0 Å². The van der Waals surface area contributed by atoms with E-state index in [4.69, 9.17) is 4.42 Å². The Labute approximate surface area is 133 Å². The van der Waals surface area contributed by atoms with Crippen molar-refractivity contribution in [1.82, 2.24) is 15.1 Å². The van der Waals surface area contributed by atoms with Crippen LogP contribution in [0.4, 0.5) is 10.2 Å². The molecule has 0 spiro atoms. The molecular formula is C17H19FN4O. The summed E-state index contributed by atoms with van der Waals surface area (Å²) in [6, 6.07) is 6.63. The molecule has 1 unspecified atom stereocenters. The van der Waals surface area contributed by atoms with E-state index in [1.807, 2.05) is 23.9 Å². The first-order chi connectivity index (χ1) is 11.2. The molecule has 1 aromatic carbocycles. The number of nitrogens with zero attached hydrogens (tertiary/aromatic N) is 2. The number of benzene rings is 1. The maximum Gasteiger partial charge on any atom is 0.134 e. The van der Waals surface area contributed by atoms with Crippen molar-refractivity contribution in [1.29, 1.82) is 0 Å². The number of furan rings is 1. The van der Waals surface area contributed by atoms with Crippen LogP contribution in [0.2, 0.25) is 0 Å². The third-order valence-electron chi connectivity index (χ3n) is 4.44. The molecule has 0 fully saturated rings. The Morgan fingerprint density at radius 3 is 3.26 bits per heavy atom.